The van der Waals surface area contributed by atoms with Gasteiger partial charge in [-0.25, -0.2) is 0 Å². The van der Waals surface area contributed by atoms with E-state index in [1.165, 1.54) is 82.7 Å². The third-order valence-corrected chi connectivity index (χ3v) is 12.3. The Morgan fingerprint density at radius 1 is 0.206 bits per heavy atom. The standard InChI is InChI=1S/C62H43N/c1-3-18-44(19-4-1)56-28-11-12-30-59(56)62-57(47-20-5-2-6-21-47)33-17-34-60(62)58-29-13-14-35-61(58)63(50-40-36-48(37-41-50)54-31-15-24-45-22-7-9-26-52(45)54)51-42-38-49(39-43-51)55-32-16-25-46-23-8-10-27-53(46)55/h1-43H. The molecular formula is C62H43N. The molecule has 0 heterocycles. The van der Waals surface area contributed by atoms with Gasteiger partial charge in [0, 0.05) is 16.9 Å². The van der Waals surface area contributed by atoms with E-state index < -0.39 is 0 Å². The quantitative estimate of drug-likeness (QED) is 0.141. The molecule has 0 atom stereocenters. The van der Waals surface area contributed by atoms with Crippen LogP contribution in [0.25, 0.3) is 88.3 Å². The van der Waals surface area contributed by atoms with Crippen molar-refractivity contribution in [2.75, 3.05) is 4.90 Å². The molecule has 0 aliphatic heterocycles. The molecule has 0 aliphatic carbocycles. The first-order valence-corrected chi connectivity index (χ1v) is 21.7. The minimum absolute atomic E-state index is 1.08. The maximum absolute atomic E-state index is 2.43. The topological polar surface area (TPSA) is 3.24 Å². The fourth-order valence-corrected chi connectivity index (χ4v) is 9.35. The van der Waals surface area contributed by atoms with E-state index in [0.717, 1.165) is 22.6 Å². The van der Waals surface area contributed by atoms with Gasteiger partial charge >= 0.3 is 0 Å². The molecule has 1 nitrogen and oxygen atoms in total. The number of fused-ring (bicyclic) bond motifs is 2. The lowest BCUT2D eigenvalue weighted by Crippen LogP contribution is -2.11. The average molecular weight is 802 g/mol. The predicted octanol–water partition coefficient (Wildman–Crippen LogP) is 17.5. The third-order valence-electron chi connectivity index (χ3n) is 12.3. The van der Waals surface area contributed by atoms with Crippen molar-refractivity contribution in [2.24, 2.45) is 0 Å². The summed E-state index contributed by atoms with van der Waals surface area (Å²) in [7, 11) is 0. The van der Waals surface area contributed by atoms with Crippen LogP contribution in [-0.4, -0.2) is 0 Å². The number of benzene rings is 11. The largest absolute Gasteiger partial charge is 0.310 e. The second-order valence-corrected chi connectivity index (χ2v) is 16.0. The predicted molar refractivity (Wildman–Crippen MR) is 269 cm³/mol. The minimum atomic E-state index is 1.08. The fourth-order valence-electron chi connectivity index (χ4n) is 9.35. The number of nitrogens with zero attached hydrogens (tertiary/aromatic N) is 1. The molecule has 0 aromatic heterocycles. The van der Waals surface area contributed by atoms with Crippen molar-refractivity contribution in [3.8, 4) is 66.8 Å². The Bertz CT molecular complexity index is 3230. The summed E-state index contributed by atoms with van der Waals surface area (Å²) >= 11 is 0. The molecule has 0 N–H and O–H groups in total. The molecule has 0 radical (unpaired) electrons. The Balaban J connectivity index is 1.12. The number of para-hydroxylation sites is 1. The Kier molecular flexibility index (Phi) is 9.97. The molecule has 11 rings (SSSR count). The Hall–Kier alpha value is -8.26. The van der Waals surface area contributed by atoms with Gasteiger partial charge in [0.05, 0.1) is 5.69 Å². The van der Waals surface area contributed by atoms with E-state index in [0.29, 0.717) is 0 Å². The molecule has 11 aromatic rings. The van der Waals surface area contributed by atoms with E-state index >= 15 is 0 Å². The SMILES string of the molecule is c1ccc(-c2ccccc2-c2c(-c3ccccc3)cccc2-c2ccccc2N(c2ccc(-c3cccc4ccccc34)cc2)c2ccc(-c3cccc4ccccc34)cc2)cc1. The fraction of sp³-hybridized carbons (Fsp3) is 0. The van der Waals surface area contributed by atoms with Crippen molar-refractivity contribution in [3.05, 3.63) is 261 Å². The van der Waals surface area contributed by atoms with Crippen LogP contribution in [0.3, 0.4) is 0 Å². The molecule has 296 valence electrons. The zero-order valence-corrected chi connectivity index (χ0v) is 34.8. The molecule has 0 saturated carbocycles. The molecule has 0 spiro atoms. The molecule has 0 bridgehead atoms. The van der Waals surface area contributed by atoms with Gasteiger partial charge in [0.25, 0.3) is 0 Å². The van der Waals surface area contributed by atoms with Crippen LogP contribution >= 0.6 is 0 Å². The first-order chi connectivity index (χ1) is 31.3. The highest BCUT2D eigenvalue weighted by Crippen LogP contribution is 2.49. The van der Waals surface area contributed by atoms with Crippen molar-refractivity contribution in [2.45, 2.75) is 0 Å². The van der Waals surface area contributed by atoms with Gasteiger partial charge < -0.3 is 4.90 Å². The van der Waals surface area contributed by atoms with Crippen LogP contribution < -0.4 is 4.90 Å². The molecule has 11 aromatic carbocycles. The van der Waals surface area contributed by atoms with Gasteiger partial charge in [-0.1, -0.05) is 231 Å². The van der Waals surface area contributed by atoms with E-state index in [-0.39, 0.29) is 0 Å². The van der Waals surface area contributed by atoms with Crippen LogP contribution in [0.5, 0.6) is 0 Å². The molecule has 0 aliphatic rings. The molecular weight excluding hydrogens is 759 g/mol. The van der Waals surface area contributed by atoms with Gasteiger partial charge in [-0.15, -0.1) is 0 Å². The van der Waals surface area contributed by atoms with Gasteiger partial charge in [-0.2, -0.15) is 0 Å². The summed E-state index contributed by atoms with van der Waals surface area (Å²) in [6, 6.07) is 94.7. The summed E-state index contributed by atoms with van der Waals surface area (Å²) in [5, 5.41) is 4.98. The van der Waals surface area contributed by atoms with Crippen molar-refractivity contribution >= 4 is 38.6 Å². The lowest BCUT2D eigenvalue weighted by molar-refractivity contribution is 1.28. The molecule has 0 unspecified atom stereocenters. The lowest BCUT2D eigenvalue weighted by Gasteiger charge is -2.29. The minimum Gasteiger partial charge on any atom is -0.310 e. The summed E-state index contributed by atoms with van der Waals surface area (Å²) in [5.74, 6) is 0. The maximum atomic E-state index is 2.43. The summed E-state index contributed by atoms with van der Waals surface area (Å²) in [6.07, 6.45) is 0. The van der Waals surface area contributed by atoms with Gasteiger partial charge in [-0.05, 0) is 113 Å². The lowest BCUT2D eigenvalue weighted by atomic mass is 9.84. The number of rotatable bonds is 9. The van der Waals surface area contributed by atoms with Crippen LogP contribution in [0.4, 0.5) is 17.1 Å². The number of anilines is 3. The normalized spacial score (nSPS) is 11.2. The summed E-state index contributed by atoms with van der Waals surface area (Å²) in [5.41, 5.74) is 17.5. The van der Waals surface area contributed by atoms with Crippen LogP contribution in [0, 0.1) is 0 Å². The Morgan fingerprint density at radius 3 is 1.14 bits per heavy atom. The van der Waals surface area contributed by atoms with Gasteiger partial charge in [0.1, 0.15) is 0 Å². The van der Waals surface area contributed by atoms with Gasteiger partial charge in [0.15, 0.2) is 0 Å². The second-order valence-electron chi connectivity index (χ2n) is 16.0. The number of hydrogen-bond donors (Lipinski definition) is 0. The van der Waals surface area contributed by atoms with Gasteiger partial charge in [-0.3, -0.25) is 0 Å². The van der Waals surface area contributed by atoms with E-state index in [4.69, 9.17) is 0 Å². The first-order valence-electron chi connectivity index (χ1n) is 21.7. The highest BCUT2D eigenvalue weighted by molar-refractivity contribution is 6.03. The van der Waals surface area contributed by atoms with Crippen LogP contribution in [0.2, 0.25) is 0 Å². The molecule has 1 heteroatoms. The van der Waals surface area contributed by atoms with Crippen molar-refractivity contribution in [1.29, 1.82) is 0 Å². The van der Waals surface area contributed by atoms with Crippen LogP contribution in [0.1, 0.15) is 0 Å². The molecule has 0 fully saturated rings. The number of hydrogen-bond acceptors (Lipinski definition) is 1. The van der Waals surface area contributed by atoms with E-state index in [2.05, 4.69) is 266 Å². The van der Waals surface area contributed by atoms with Crippen molar-refractivity contribution in [3.63, 3.8) is 0 Å². The third kappa shape index (κ3) is 7.16. The van der Waals surface area contributed by atoms with E-state index in [1.54, 1.807) is 0 Å². The molecule has 0 amide bonds. The Labute approximate surface area is 369 Å². The Morgan fingerprint density at radius 2 is 0.571 bits per heavy atom. The van der Waals surface area contributed by atoms with Crippen LogP contribution in [0.15, 0.2) is 261 Å². The highest BCUT2D eigenvalue weighted by Gasteiger charge is 2.23. The molecule has 0 saturated heterocycles. The van der Waals surface area contributed by atoms with E-state index in [9.17, 15) is 0 Å². The zero-order valence-electron chi connectivity index (χ0n) is 34.8. The smallest absolute Gasteiger partial charge is 0.0540 e. The first kappa shape index (κ1) is 37.7. The monoisotopic (exact) mass is 801 g/mol. The molecule has 63 heavy (non-hydrogen) atoms. The maximum Gasteiger partial charge on any atom is 0.0540 e. The van der Waals surface area contributed by atoms with Gasteiger partial charge in [0.2, 0.25) is 0 Å². The summed E-state index contributed by atoms with van der Waals surface area (Å²) in [4.78, 5) is 2.43. The summed E-state index contributed by atoms with van der Waals surface area (Å²) in [6.45, 7) is 0. The average Bonchev–Trinajstić information content (AvgIpc) is 3.37. The van der Waals surface area contributed by atoms with E-state index in [1.807, 2.05) is 0 Å². The van der Waals surface area contributed by atoms with Crippen LogP contribution in [-0.2, 0) is 0 Å². The summed E-state index contributed by atoms with van der Waals surface area (Å²) < 4.78 is 0. The highest BCUT2D eigenvalue weighted by atomic mass is 15.1. The van der Waals surface area contributed by atoms with Crippen molar-refractivity contribution in [1.82, 2.24) is 0 Å². The van der Waals surface area contributed by atoms with Crippen molar-refractivity contribution < 1.29 is 0 Å². The zero-order chi connectivity index (χ0) is 42.0. The second kappa shape index (κ2) is 16.7.